The molecule has 1 heterocycles. The Hall–Kier alpha value is -3.32. The maximum absolute atomic E-state index is 14.1. The predicted octanol–water partition coefficient (Wildman–Crippen LogP) is 4.82. The molecular formula is C22H16FNO4S. The minimum Gasteiger partial charge on any atom is -0.497 e. The molecule has 4 rings (SSSR count). The molecule has 0 fully saturated rings. The Labute approximate surface area is 171 Å². The number of rotatable bonds is 4. The van der Waals surface area contributed by atoms with Gasteiger partial charge in [-0.2, -0.15) is 0 Å². The number of halogens is 1. The number of hydrogen-bond donors (Lipinski definition) is 0. The number of para-hydroxylation sites is 2. The first-order valence-corrected chi connectivity index (χ1v) is 9.59. The second-order valence-corrected chi connectivity index (χ2v) is 7.27. The summed E-state index contributed by atoms with van der Waals surface area (Å²) in [6, 6.07) is 18.8. The van der Waals surface area contributed by atoms with Gasteiger partial charge in [0.05, 0.1) is 24.0 Å². The van der Waals surface area contributed by atoms with Crippen LogP contribution in [0, 0.1) is 5.82 Å². The molecule has 0 N–H and O–H groups in total. The van der Waals surface area contributed by atoms with E-state index in [4.69, 9.17) is 9.47 Å². The molecule has 5 nitrogen and oxygen atoms in total. The number of anilines is 2. The monoisotopic (exact) mass is 409 g/mol. The van der Waals surface area contributed by atoms with E-state index in [1.54, 1.807) is 11.8 Å². The van der Waals surface area contributed by atoms with Crippen molar-refractivity contribution < 1.29 is 23.5 Å². The van der Waals surface area contributed by atoms with Gasteiger partial charge in [0.25, 0.3) is 5.91 Å². The van der Waals surface area contributed by atoms with E-state index >= 15 is 0 Å². The molecule has 1 aliphatic heterocycles. The van der Waals surface area contributed by atoms with E-state index in [2.05, 4.69) is 0 Å². The number of nitrogens with zero attached hydrogens (tertiary/aromatic N) is 1. The Morgan fingerprint density at radius 1 is 0.966 bits per heavy atom. The zero-order valence-electron chi connectivity index (χ0n) is 15.4. The van der Waals surface area contributed by atoms with Crippen LogP contribution in [0.4, 0.5) is 15.8 Å². The highest BCUT2D eigenvalue weighted by Gasteiger charge is 2.28. The van der Waals surface area contributed by atoms with E-state index in [0.717, 1.165) is 15.9 Å². The fraction of sp³-hybridized carbons (Fsp3) is 0.0909. The van der Waals surface area contributed by atoms with Crippen LogP contribution in [0.2, 0.25) is 0 Å². The van der Waals surface area contributed by atoms with Crippen molar-refractivity contribution in [2.75, 3.05) is 18.6 Å². The van der Waals surface area contributed by atoms with Crippen molar-refractivity contribution in [2.24, 2.45) is 0 Å². The van der Waals surface area contributed by atoms with E-state index in [1.165, 1.54) is 24.1 Å². The molecule has 0 aliphatic carbocycles. The average Bonchev–Trinajstić information content (AvgIpc) is 2.75. The minimum absolute atomic E-state index is 0.256. The maximum atomic E-state index is 14.1. The summed E-state index contributed by atoms with van der Waals surface area (Å²) in [6.07, 6.45) is 0. The number of ether oxygens (including phenoxy) is 2. The van der Waals surface area contributed by atoms with Gasteiger partial charge in [-0.25, -0.2) is 9.18 Å². The number of hydrogen-bond acceptors (Lipinski definition) is 5. The van der Waals surface area contributed by atoms with Gasteiger partial charge in [0.1, 0.15) is 11.6 Å². The zero-order valence-corrected chi connectivity index (χ0v) is 16.2. The van der Waals surface area contributed by atoms with E-state index in [0.29, 0.717) is 11.4 Å². The van der Waals surface area contributed by atoms with Crippen molar-refractivity contribution in [3.8, 4) is 5.75 Å². The number of esters is 1. The van der Waals surface area contributed by atoms with Crippen LogP contribution in [0.15, 0.2) is 76.5 Å². The lowest BCUT2D eigenvalue weighted by atomic mass is 10.2. The van der Waals surface area contributed by atoms with Gasteiger partial charge in [-0.15, -0.1) is 0 Å². The number of carbonyl (C=O) groups is 2. The molecule has 1 amide bonds. The van der Waals surface area contributed by atoms with Crippen molar-refractivity contribution in [2.45, 2.75) is 9.79 Å². The summed E-state index contributed by atoms with van der Waals surface area (Å²) in [5.74, 6) is -1.82. The number of amides is 1. The normalized spacial score (nSPS) is 12.0. The van der Waals surface area contributed by atoms with E-state index in [-0.39, 0.29) is 11.3 Å². The largest absolute Gasteiger partial charge is 0.497 e. The summed E-state index contributed by atoms with van der Waals surface area (Å²) in [5, 5.41) is 0. The molecule has 0 atom stereocenters. The SMILES string of the molecule is COc1ccc(C(=O)OCC(=O)N2c3ccccc3Sc3ccccc32)c(F)c1. The Morgan fingerprint density at radius 3 is 2.17 bits per heavy atom. The van der Waals surface area contributed by atoms with Crippen molar-refractivity contribution in [1.29, 1.82) is 0 Å². The van der Waals surface area contributed by atoms with Crippen molar-refractivity contribution in [3.63, 3.8) is 0 Å². The molecule has 0 bridgehead atoms. The van der Waals surface area contributed by atoms with Crippen LogP contribution in [0.5, 0.6) is 5.75 Å². The lowest BCUT2D eigenvalue weighted by Gasteiger charge is -2.30. The van der Waals surface area contributed by atoms with Crippen molar-refractivity contribution >= 4 is 35.0 Å². The number of fused-ring (bicyclic) bond motifs is 2. The van der Waals surface area contributed by atoms with Gasteiger partial charge in [0.2, 0.25) is 0 Å². The Bertz CT molecular complexity index is 1060. The molecule has 0 radical (unpaired) electrons. The smallest absolute Gasteiger partial charge is 0.341 e. The van der Waals surface area contributed by atoms with Gasteiger partial charge < -0.3 is 9.47 Å². The van der Waals surface area contributed by atoms with Crippen LogP contribution < -0.4 is 9.64 Å². The molecule has 0 aromatic heterocycles. The third-order valence-corrected chi connectivity index (χ3v) is 5.53. The van der Waals surface area contributed by atoms with E-state index in [1.807, 2.05) is 48.5 Å². The highest BCUT2D eigenvalue weighted by molar-refractivity contribution is 7.99. The van der Waals surface area contributed by atoms with Gasteiger partial charge in [0, 0.05) is 15.9 Å². The lowest BCUT2D eigenvalue weighted by molar-refractivity contribution is -0.121. The molecule has 7 heteroatoms. The number of methoxy groups -OCH3 is 1. The van der Waals surface area contributed by atoms with E-state index in [9.17, 15) is 14.0 Å². The minimum atomic E-state index is -0.911. The molecule has 146 valence electrons. The first-order valence-electron chi connectivity index (χ1n) is 8.78. The summed E-state index contributed by atoms with van der Waals surface area (Å²) in [4.78, 5) is 28.6. The van der Waals surface area contributed by atoms with Crippen LogP contribution in [-0.2, 0) is 9.53 Å². The van der Waals surface area contributed by atoms with Crippen LogP contribution in [0.3, 0.4) is 0 Å². The number of carbonyl (C=O) groups excluding carboxylic acids is 2. The maximum Gasteiger partial charge on any atom is 0.341 e. The molecule has 0 saturated carbocycles. The summed E-state index contributed by atoms with van der Waals surface area (Å²) >= 11 is 1.57. The average molecular weight is 409 g/mol. The van der Waals surface area contributed by atoms with Crippen molar-refractivity contribution in [1.82, 2.24) is 0 Å². The highest BCUT2D eigenvalue weighted by Crippen LogP contribution is 2.47. The van der Waals surface area contributed by atoms with Gasteiger partial charge in [-0.05, 0) is 36.4 Å². The molecule has 29 heavy (non-hydrogen) atoms. The standard InChI is InChI=1S/C22H16FNO4S/c1-27-14-10-11-15(16(23)12-14)22(26)28-13-21(25)24-17-6-2-4-8-19(17)29-20-9-5-3-7-18(20)24/h2-12H,13H2,1H3. The second kappa shape index (κ2) is 7.97. The molecule has 0 spiro atoms. The molecule has 3 aromatic rings. The Balaban J connectivity index is 1.56. The summed E-state index contributed by atoms with van der Waals surface area (Å²) < 4.78 is 24.1. The fourth-order valence-electron chi connectivity index (χ4n) is 3.03. The molecule has 0 unspecified atom stereocenters. The third-order valence-electron chi connectivity index (χ3n) is 4.40. The van der Waals surface area contributed by atoms with Gasteiger partial charge in [-0.1, -0.05) is 36.0 Å². The topological polar surface area (TPSA) is 55.8 Å². The first-order chi connectivity index (χ1) is 14.1. The second-order valence-electron chi connectivity index (χ2n) is 6.19. The molecular weight excluding hydrogens is 393 g/mol. The van der Waals surface area contributed by atoms with Crippen LogP contribution in [-0.4, -0.2) is 25.6 Å². The number of benzene rings is 3. The molecule has 0 saturated heterocycles. The van der Waals surface area contributed by atoms with Crippen LogP contribution in [0.1, 0.15) is 10.4 Å². The third kappa shape index (κ3) is 3.69. The molecule has 3 aromatic carbocycles. The molecule has 1 aliphatic rings. The quantitative estimate of drug-likeness (QED) is 0.578. The predicted molar refractivity (Wildman–Crippen MR) is 107 cm³/mol. The van der Waals surface area contributed by atoms with Gasteiger partial charge in [-0.3, -0.25) is 9.69 Å². The highest BCUT2D eigenvalue weighted by atomic mass is 32.2. The first kappa shape index (κ1) is 19.0. The van der Waals surface area contributed by atoms with E-state index < -0.39 is 24.3 Å². The lowest BCUT2D eigenvalue weighted by Crippen LogP contribution is -2.32. The summed E-state index contributed by atoms with van der Waals surface area (Å²) in [5.41, 5.74) is 1.18. The summed E-state index contributed by atoms with van der Waals surface area (Å²) in [6.45, 7) is -0.516. The Kier molecular flexibility index (Phi) is 5.22. The Morgan fingerprint density at radius 2 is 1.59 bits per heavy atom. The van der Waals surface area contributed by atoms with Crippen molar-refractivity contribution in [3.05, 3.63) is 78.1 Å². The van der Waals surface area contributed by atoms with Crippen LogP contribution in [0.25, 0.3) is 0 Å². The van der Waals surface area contributed by atoms with Crippen LogP contribution >= 0.6 is 11.8 Å². The van der Waals surface area contributed by atoms with Gasteiger partial charge >= 0.3 is 5.97 Å². The fourth-order valence-corrected chi connectivity index (χ4v) is 4.09. The summed E-state index contributed by atoms with van der Waals surface area (Å²) in [7, 11) is 1.40. The van der Waals surface area contributed by atoms with Gasteiger partial charge in [0.15, 0.2) is 6.61 Å². The zero-order chi connectivity index (χ0) is 20.4.